The van der Waals surface area contributed by atoms with Gasteiger partial charge in [-0.2, -0.15) is 0 Å². The maximum absolute atomic E-state index is 14.1. The van der Waals surface area contributed by atoms with E-state index in [4.69, 9.17) is 22.1 Å². The molecule has 9 nitrogen and oxygen atoms in total. The Labute approximate surface area is 340 Å². The number of hydrogen-bond acceptors (Lipinski definition) is 6. The number of hydrogen-bond donors (Lipinski definition) is 3. The van der Waals surface area contributed by atoms with Gasteiger partial charge >= 0.3 is 11.9 Å². The number of carbonyl (C=O) groups excluding carboxylic acids is 3. The lowest BCUT2D eigenvalue weighted by Gasteiger charge is -2.72. The molecule has 310 valence electrons. The monoisotopic (exact) mass is 793 g/mol. The molecule has 6 aliphatic rings. The van der Waals surface area contributed by atoms with Gasteiger partial charge in [-0.25, -0.2) is 4.99 Å². The number of amidine groups is 1. The average Bonchev–Trinajstić information content (AvgIpc) is 3.82. The van der Waals surface area contributed by atoms with E-state index in [-0.39, 0.29) is 57.7 Å². The summed E-state index contributed by atoms with van der Waals surface area (Å²) >= 11 is 6.15. The molecule has 6 aliphatic carbocycles. The molecule has 0 radical (unpaired) electrons. The first-order valence-electron chi connectivity index (χ1n) is 21.3. The first kappa shape index (κ1) is 42.7. The lowest BCUT2D eigenvalue weighted by Crippen LogP contribution is -2.65. The van der Waals surface area contributed by atoms with Crippen LogP contribution < -0.4 is 11.1 Å². The topological polar surface area (TPSA) is 148 Å². The fraction of sp³-hybridized carbons (Fsp3) is 0.761. The summed E-state index contributed by atoms with van der Waals surface area (Å²) in [4.78, 5) is 56.9. The smallest absolute Gasteiger partial charge is 0.309 e. The summed E-state index contributed by atoms with van der Waals surface area (Å²) in [5.74, 6) is 0.0984. The van der Waals surface area contributed by atoms with Crippen molar-refractivity contribution in [2.24, 2.45) is 66.9 Å². The normalized spacial score (nSPS) is 37.8. The summed E-state index contributed by atoms with van der Waals surface area (Å²) in [6.07, 6.45) is 15.1. The Bertz CT molecular complexity index is 1790. The van der Waals surface area contributed by atoms with Crippen LogP contribution in [0.5, 0.6) is 0 Å². The average molecular weight is 795 g/mol. The van der Waals surface area contributed by atoms with Crippen molar-refractivity contribution in [3.8, 4) is 0 Å². The second kappa shape index (κ2) is 14.4. The number of ether oxygens (including phenoxy) is 1. The van der Waals surface area contributed by atoms with E-state index in [1.165, 1.54) is 5.57 Å². The van der Waals surface area contributed by atoms with Gasteiger partial charge in [0, 0.05) is 28.5 Å². The summed E-state index contributed by atoms with van der Waals surface area (Å²) in [7, 11) is 0. The van der Waals surface area contributed by atoms with E-state index in [0.29, 0.717) is 35.5 Å². The van der Waals surface area contributed by atoms with Crippen LogP contribution in [0.3, 0.4) is 0 Å². The van der Waals surface area contributed by atoms with Crippen molar-refractivity contribution >= 4 is 41.1 Å². The minimum absolute atomic E-state index is 0.0320. The molecule has 56 heavy (non-hydrogen) atoms. The predicted octanol–water partition coefficient (Wildman–Crippen LogP) is 9.43. The Morgan fingerprint density at radius 2 is 1.66 bits per heavy atom. The third-order valence-corrected chi connectivity index (χ3v) is 17.1. The van der Waals surface area contributed by atoms with E-state index in [9.17, 15) is 24.3 Å². The largest absolute Gasteiger partial charge is 0.481 e. The lowest BCUT2D eigenvalue weighted by atomic mass is 9.33. The number of ketones is 1. The Morgan fingerprint density at radius 3 is 2.27 bits per heavy atom. The van der Waals surface area contributed by atoms with Crippen molar-refractivity contribution in [1.29, 1.82) is 0 Å². The molecule has 0 spiro atoms. The number of carboxylic acids is 1. The van der Waals surface area contributed by atoms with E-state index < -0.39 is 28.3 Å². The predicted molar refractivity (Wildman–Crippen MR) is 220 cm³/mol. The number of amides is 1. The van der Waals surface area contributed by atoms with Crippen molar-refractivity contribution in [2.45, 2.75) is 164 Å². The summed E-state index contributed by atoms with van der Waals surface area (Å²) in [5.41, 5.74) is 6.10. The maximum Gasteiger partial charge on any atom is 0.309 e. The molecule has 0 aliphatic heterocycles. The number of carbonyl (C=O) groups is 4. The molecule has 0 bridgehead atoms. The third kappa shape index (κ3) is 6.81. The summed E-state index contributed by atoms with van der Waals surface area (Å²) < 4.78 is 6.17. The van der Waals surface area contributed by atoms with Crippen molar-refractivity contribution in [2.75, 3.05) is 0 Å². The van der Waals surface area contributed by atoms with Crippen molar-refractivity contribution in [3.05, 3.63) is 34.5 Å². The molecule has 0 aromatic rings. The van der Waals surface area contributed by atoms with Gasteiger partial charge in [0.05, 0.1) is 17.4 Å². The first-order valence-corrected chi connectivity index (χ1v) is 21.7. The molecule has 0 unspecified atom stereocenters. The minimum atomic E-state index is -1.18. The number of nitrogens with zero attached hydrogens (tertiary/aromatic N) is 1. The summed E-state index contributed by atoms with van der Waals surface area (Å²) in [5, 5.41) is 13.4. The molecular weight excluding hydrogens is 726 g/mol. The fourth-order valence-electron chi connectivity index (χ4n) is 13.1. The molecule has 6 rings (SSSR count). The Hall–Kier alpha value is -2.94. The van der Waals surface area contributed by atoms with Crippen LogP contribution in [-0.4, -0.2) is 46.2 Å². The van der Waals surface area contributed by atoms with Gasteiger partial charge in [-0.3, -0.25) is 19.2 Å². The van der Waals surface area contributed by atoms with Gasteiger partial charge in [0.1, 0.15) is 11.9 Å². The number of rotatable bonds is 11. The zero-order valence-electron chi connectivity index (χ0n) is 35.7. The number of aliphatic carboxylic acids is 1. The fourth-order valence-corrected chi connectivity index (χ4v) is 13.2. The van der Waals surface area contributed by atoms with Gasteiger partial charge in [-0.05, 0) is 142 Å². The van der Waals surface area contributed by atoms with Gasteiger partial charge in [0.15, 0.2) is 5.78 Å². The second-order valence-electron chi connectivity index (χ2n) is 20.9. The molecule has 5 fully saturated rings. The molecular formula is C46H68ClN3O6. The first-order chi connectivity index (χ1) is 25.9. The zero-order valence-corrected chi connectivity index (χ0v) is 36.5. The van der Waals surface area contributed by atoms with Crippen LogP contribution in [0.15, 0.2) is 39.5 Å². The minimum Gasteiger partial charge on any atom is -0.481 e. The number of nitrogens with one attached hydrogen (secondary N) is 1. The number of esters is 1. The van der Waals surface area contributed by atoms with Crippen molar-refractivity contribution in [3.63, 3.8) is 0 Å². The van der Waals surface area contributed by atoms with Crippen LogP contribution in [0.2, 0.25) is 0 Å². The van der Waals surface area contributed by atoms with Crippen LogP contribution in [0.4, 0.5) is 0 Å². The molecule has 5 saturated carbocycles. The number of fused-ring (bicyclic) bond motifs is 7. The maximum atomic E-state index is 14.1. The Balaban J connectivity index is 1.26. The molecule has 0 aromatic heterocycles. The molecule has 0 aromatic carbocycles. The van der Waals surface area contributed by atoms with Crippen LogP contribution in [0, 0.1) is 56.2 Å². The molecule has 0 saturated heterocycles. The van der Waals surface area contributed by atoms with Crippen LogP contribution in [0.1, 0.15) is 153 Å². The van der Waals surface area contributed by atoms with Gasteiger partial charge < -0.3 is 20.9 Å². The van der Waals surface area contributed by atoms with Crippen LogP contribution in [0.25, 0.3) is 0 Å². The number of allylic oxidation sites excluding steroid dienone is 4. The van der Waals surface area contributed by atoms with Gasteiger partial charge in [-0.15, -0.1) is 0 Å². The summed E-state index contributed by atoms with van der Waals surface area (Å²) in [6, 6.07) is 0. The number of aliphatic imine (C=N–C) groups is 1. The quantitative estimate of drug-likeness (QED) is 0.0817. The number of nitrogens with two attached hydrogens (primary N) is 1. The highest BCUT2D eigenvalue weighted by molar-refractivity contribution is 6.29. The van der Waals surface area contributed by atoms with Crippen LogP contribution in [-0.2, 0) is 23.9 Å². The molecule has 0 heterocycles. The van der Waals surface area contributed by atoms with E-state index in [2.05, 4.69) is 64.9 Å². The number of halogens is 1. The highest BCUT2D eigenvalue weighted by atomic mass is 35.5. The Morgan fingerprint density at radius 1 is 0.982 bits per heavy atom. The van der Waals surface area contributed by atoms with Gasteiger partial charge in [0.25, 0.3) is 0 Å². The number of carboxylic acid groups (broad SMARTS) is 1. The van der Waals surface area contributed by atoms with Gasteiger partial charge in [-0.1, -0.05) is 73.1 Å². The van der Waals surface area contributed by atoms with Crippen LogP contribution >= 0.6 is 11.6 Å². The molecule has 1 amide bonds. The SMILES string of the molecule is CC/C(Cl)=C\N=C(N)C1(NC(=O)/C=C/[C@@]23CC[C@]4(C)[C@H](CC[C@@H]5[C@@]6(C)CC[C@H](OC(=O)CC(C)(C)C(=O)O)C(C)(C)[C@@H]6CC[C@]54C)C2=C(C(C)C)C(=O)C3)CC1. The lowest BCUT2D eigenvalue weighted by molar-refractivity contribution is -0.232. The highest BCUT2D eigenvalue weighted by Crippen LogP contribution is 2.77. The van der Waals surface area contributed by atoms with E-state index in [0.717, 1.165) is 69.8 Å². The molecule has 10 heteroatoms. The molecule has 4 N–H and O–H groups in total. The van der Waals surface area contributed by atoms with E-state index >= 15 is 0 Å². The standard InChI is InChI=1S/C46H68ClN3O6/c1-11-28(47)26-49-38(48)46(22-23-46)50-34(52)16-19-45-21-20-43(9)29(37(45)36(27(2)3)30(51)24-45)12-13-32-42(8)17-15-33(56-35(53)25-40(4,5)39(54)55)41(6,7)31(42)14-18-44(32,43)10/h16,19,26-27,29,31-33H,11-15,17-18,20-25H2,1-10H3,(H2,48,49)(H,50,52)(H,54,55)/b19-16+,28-26+/t29-,31+,32-,33+,42+,43-,44-,45+/m1/s1. The van der Waals surface area contributed by atoms with E-state index in [1.54, 1.807) is 26.1 Å². The second-order valence-corrected chi connectivity index (χ2v) is 21.4. The Kier molecular flexibility index (Phi) is 11.0. The highest BCUT2D eigenvalue weighted by Gasteiger charge is 2.70. The van der Waals surface area contributed by atoms with Crippen molar-refractivity contribution < 1.29 is 29.0 Å². The summed E-state index contributed by atoms with van der Waals surface area (Å²) in [6.45, 7) is 21.5. The molecule has 8 atom stereocenters. The number of Topliss-reactive ketones (excluding diaryl/α,β-unsaturated/α-hetero) is 1. The zero-order chi connectivity index (χ0) is 41.4. The van der Waals surface area contributed by atoms with Crippen molar-refractivity contribution in [1.82, 2.24) is 5.32 Å². The van der Waals surface area contributed by atoms with Gasteiger partial charge in [0.2, 0.25) is 5.91 Å². The van der Waals surface area contributed by atoms with E-state index in [1.807, 2.05) is 6.92 Å². The third-order valence-electron chi connectivity index (χ3n) is 16.7.